The first-order valence-corrected chi connectivity index (χ1v) is 8.34. The van der Waals surface area contributed by atoms with Gasteiger partial charge in [-0.1, -0.05) is 60.7 Å². The fraction of sp³-hybridized carbons (Fsp3) is 0.200. The molecule has 0 fully saturated rings. The van der Waals surface area contributed by atoms with Crippen molar-refractivity contribution in [2.24, 2.45) is 9.98 Å². The third-order valence-corrected chi connectivity index (χ3v) is 4.18. The van der Waals surface area contributed by atoms with Crippen LogP contribution in [0.2, 0.25) is 0 Å². The number of aliphatic imine (C=N–C) groups is 2. The van der Waals surface area contributed by atoms with Crippen LogP contribution < -0.4 is 10.6 Å². The quantitative estimate of drug-likeness (QED) is 0.852. The molecule has 2 N–H and O–H groups in total. The van der Waals surface area contributed by atoms with Gasteiger partial charge in [-0.3, -0.25) is 9.98 Å². The Labute approximate surface area is 142 Å². The molecule has 0 saturated heterocycles. The van der Waals surface area contributed by atoms with Crippen molar-refractivity contribution in [3.05, 3.63) is 70.8 Å². The maximum Gasteiger partial charge on any atom is 0.128 e. The Morgan fingerprint density at radius 2 is 1.04 bits per heavy atom. The van der Waals surface area contributed by atoms with Crippen LogP contribution in [0.1, 0.15) is 22.3 Å². The Morgan fingerprint density at radius 3 is 1.38 bits per heavy atom. The molecule has 2 aliphatic rings. The summed E-state index contributed by atoms with van der Waals surface area (Å²) in [6, 6.07) is 17.0. The molecule has 0 amide bonds. The van der Waals surface area contributed by atoms with E-state index >= 15 is 0 Å². The van der Waals surface area contributed by atoms with Crippen molar-refractivity contribution in [2.45, 2.75) is 0 Å². The fourth-order valence-electron chi connectivity index (χ4n) is 2.88. The Balaban J connectivity index is 1.44. The van der Waals surface area contributed by atoms with Crippen molar-refractivity contribution in [1.29, 1.82) is 0 Å². The summed E-state index contributed by atoms with van der Waals surface area (Å²) < 4.78 is 0. The summed E-state index contributed by atoms with van der Waals surface area (Å²) in [7, 11) is 0. The number of rotatable bonds is 4. The van der Waals surface area contributed by atoms with Crippen LogP contribution in [0, 0.1) is 0 Å². The Hall–Kier alpha value is -2.88. The minimum atomic E-state index is 0.870. The Bertz CT molecular complexity index is 729. The summed E-state index contributed by atoms with van der Waals surface area (Å²) in [5.74, 6) is 2.01. The third kappa shape index (κ3) is 3.23. The summed E-state index contributed by atoms with van der Waals surface area (Å²) in [6.45, 7) is 3.62. The molecule has 0 aliphatic carbocycles. The minimum Gasteiger partial charge on any atom is -0.368 e. The number of nitrogens with zero attached hydrogens (tertiary/aromatic N) is 2. The summed E-state index contributed by atoms with van der Waals surface area (Å²) in [4.78, 5) is 8.89. The lowest BCUT2D eigenvalue weighted by atomic mass is 10.1. The molecule has 0 spiro atoms. The average molecular weight is 316 g/mol. The Morgan fingerprint density at radius 1 is 0.625 bits per heavy atom. The molecule has 0 bridgehead atoms. The monoisotopic (exact) mass is 316 g/mol. The summed E-state index contributed by atoms with van der Waals surface area (Å²) in [5, 5.41) is 6.59. The first kappa shape index (κ1) is 14.7. The predicted molar refractivity (Wildman–Crippen MR) is 101 cm³/mol. The van der Waals surface area contributed by atoms with Crippen molar-refractivity contribution in [3.63, 3.8) is 0 Å². The molecule has 0 aromatic heterocycles. The van der Waals surface area contributed by atoms with Crippen LogP contribution in [0.25, 0.3) is 12.2 Å². The van der Waals surface area contributed by atoms with Crippen LogP contribution in [-0.4, -0.2) is 37.9 Å². The van der Waals surface area contributed by atoms with Crippen molar-refractivity contribution in [2.75, 3.05) is 26.2 Å². The smallest absolute Gasteiger partial charge is 0.128 e. The van der Waals surface area contributed by atoms with Gasteiger partial charge >= 0.3 is 0 Å². The van der Waals surface area contributed by atoms with Crippen LogP contribution >= 0.6 is 0 Å². The fourth-order valence-corrected chi connectivity index (χ4v) is 2.88. The zero-order chi connectivity index (χ0) is 16.2. The van der Waals surface area contributed by atoms with E-state index in [9.17, 15) is 0 Å². The SMILES string of the molecule is C(=C\c1ccc(C2=NCCN2)cc1)/c1ccc(C2=NCCN2)cc1. The van der Waals surface area contributed by atoms with E-state index in [1.807, 2.05) is 0 Å². The van der Waals surface area contributed by atoms with Gasteiger partial charge in [0.05, 0.1) is 13.1 Å². The second-order valence-corrected chi connectivity index (χ2v) is 5.89. The highest BCUT2D eigenvalue weighted by Gasteiger charge is 2.07. The molecule has 0 saturated carbocycles. The number of nitrogens with one attached hydrogen (secondary N) is 2. The van der Waals surface area contributed by atoms with Gasteiger partial charge in [0, 0.05) is 24.2 Å². The van der Waals surface area contributed by atoms with Crippen LogP contribution in [0.3, 0.4) is 0 Å². The van der Waals surface area contributed by atoms with Gasteiger partial charge in [-0.25, -0.2) is 0 Å². The molecule has 4 nitrogen and oxygen atoms in total. The summed E-state index contributed by atoms with van der Waals surface area (Å²) in [6.07, 6.45) is 4.27. The van der Waals surface area contributed by atoms with E-state index in [0.29, 0.717) is 0 Å². The van der Waals surface area contributed by atoms with E-state index in [-0.39, 0.29) is 0 Å². The van der Waals surface area contributed by atoms with Gasteiger partial charge in [-0.15, -0.1) is 0 Å². The molecule has 0 unspecified atom stereocenters. The molecule has 0 radical (unpaired) electrons. The van der Waals surface area contributed by atoms with E-state index in [2.05, 4.69) is 81.3 Å². The van der Waals surface area contributed by atoms with Gasteiger partial charge in [0.15, 0.2) is 0 Å². The highest BCUT2D eigenvalue weighted by molar-refractivity contribution is 6.00. The molecule has 4 heteroatoms. The van der Waals surface area contributed by atoms with Crippen LogP contribution in [0.15, 0.2) is 58.5 Å². The van der Waals surface area contributed by atoms with E-state index < -0.39 is 0 Å². The van der Waals surface area contributed by atoms with E-state index in [1.165, 1.54) is 11.1 Å². The molecule has 2 heterocycles. The van der Waals surface area contributed by atoms with E-state index in [4.69, 9.17) is 0 Å². The molecule has 4 rings (SSSR count). The third-order valence-electron chi connectivity index (χ3n) is 4.18. The second-order valence-electron chi connectivity index (χ2n) is 5.89. The van der Waals surface area contributed by atoms with Gasteiger partial charge in [0.25, 0.3) is 0 Å². The average Bonchev–Trinajstić information content (AvgIpc) is 3.34. The van der Waals surface area contributed by atoms with Crippen molar-refractivity contribution in [3.8, 4) is 0 Å². The molecular formula is C20H20N4. The molecule has 2 aromatic rings. The minimum absolute atomic E-state index is 0.870. The number of benzene rings is 2. The molecule has 120 valence electrons. The predicted octanol–water partition coefficient (Wildman–Crippen LogP) is 2.56. The van der Waals surface area contributed by atoms with E-state index in [0.717, 1.165) is 49.0 Å². The Kier molecular flexibility index (Phi) is 4.11. The van der Waals surface area contributed by atoms with Gasteiger partial charge in [-0.2, -0.15) is 0 Å². The first-order chi connectivity index (χ1) is 11.9. The molecule has 2 aromatic carbocycles. The van der Waals surface area contributed by atoms with Gasteiger partial charge in [0.1, 0.15) is 11.7 Å². The van der Waals surface area contributed by atoms with Crippen molar-refractivity contribution >= 4 is 23.8 Å². The largest absolute Gasteiger partial charge is 0.368 e. The molecule has 24 heavy (non-hydrogen) atoms. The highest BCUT2D eigenvalue weighted by Crippen LogP contribution is 2.12. The van der Waals surface area contributed by atoms with Crippen molar-refractivity contribution in [1.82, 2.24) is 10.6 Å². The zero-order valence-electron chi connectivity index (χ0n) is 13.5. The maximum atomic E-state index is 4.44. The van der Waals surface area contributed by atoms with Crippen LogP contribution in [-0.2, 0) is 0 Å². The normalized spacial score (nSPS) is 16.7. The highest BCUT2D eigenvalue weighted by atomic mass is 15.1. The first-order valence-electron chi connectivity index (χ1n) is 8.34. The van der Waals surface area contributed by atoms with Crippen molar-refractivity contribution < 1.29 is 0 Å². The number of amidine groups is 2. The summed E-state index contributed by atoms with van der Waals surface area (Å²) >= 11 is 0. The molecule has 2 aliphatic heterocycles. The molecule has 0 atom stereocenters. The summed E-state index contributed by atoms with van der Waals surface area (Å²) in [5.41, 5.74) is 4.67. The lowest BCUT2D eigenvalue weighted by Crippen LogP contribution is -2.19. The van der Waals surface area contributed by atoms with Gasteiger partial charge in [-0.05, 0) is 11.1 Å². The van der Waals surface area contributed by atoms with Gasteiger partial charge < -0.3 is 10.6 Å². The maximum absolute atomic E-state index is 4.44. The molecular weight excluding hydrogens is 296 g/mol. The number of hydrogen-bond donors (Lipinski definition) is 2. The lowest BCUT2D eigenvalue weighted by molar-refractivity contribution is 0.960. The second kappa shape index (κ2) is 6.71. The zero-order valence-corrected chi connectivity index (χ0v) is 13.5. The standard InChI is InChI=1S/C20H20N4/c1(15-3-7-17(8-4-15)19-21-11-12-22-19)2-16-5-9-18(10-6-16)20-23-13-14-24-20/h1-10H,11-14H2,(H,21,22)(H,23,24)/b2-1+. The van der Waals surface area contributed by atoms with E-state index in [1.54, 1.807) is 0 Å². The van der Waals surface area contributed by atoms with Crippen LogP contribution in [0.5, 0.6) is 0 Å². The van der Waals surface area contributed by atoms with Gasteiger partial charge in [0.2, 0.25) is 0 Å². The lowest BCUT2D eigenvalue weighted by Gasteiger charge is -2.03. The number of hydrogen-bond acceptors (Lipinski definition) is 4. The van der Waals surface area contributed by atoms with Crippen LogP contribution in [0.4, 0.5) is 0 Å². The topological polar surface area (TPSA) is 48.8 Å².